The Morgan fingerprint density at radius 2 is 2.32 bits per heavy atom. The molecular weight excluding hydrogens is 280 g/mol. The summed E-state index contributed by atoms with van der Waals surface area (Å²) in [5.41, 5.74) is 2.16. The first-order valence-electron chi connectivity index (χ1n) is 8.10. The third kappa shape index (κ3) is 2.65. The van der Waals surface area contributed by atoms with E-state index >= 15 is 0 Å². The van der Waals surface area contributed by atoms with E-state index in [9.17, 15) is 4.79 Å². The van der Waals surface area contributed by atoms with Crippen molar-refractivity contribution in [1.82, 2.24) is 20.0 Å². The van der Waals surface area contributed by atoms with Crippen LogP contribution in [0.1, 0.15) is 43.0 Å². The van der Waals surface area contributed by atoms with Gasteiger partial charge in [0, 0.05) is 7.11 Å². The van der Waals surface area contributed by atoms with Crippen molar-refractivity contribution in [3.8, 4) is 0 Å². The second-order valence-electron chi connectivity index (χ2n) is 6.62. The number of methoxy groups -OCH3 is 1. The van der Waals surface area contributed by atoms with Crippen LogP contribution in [0.4, 0.5) is 0 Å². The fourth-order valence-corrected chi connectivity index (χ4v) is 3.45. The first-order valence-corrected chi connectivity index (χ1v) is 8.10. The molecule has 1 aromatic heterocycles. The average molecular weight is 306 g/mol. The van der Waals surface area contributed by atoms with Crippen LogP contribution in [0.5, 0.6) is 0 Å². The van der Waals surface area contributed by atoms with E-state index in [4.69, 9.17) is 4.74 Å². The molecule has 0 radical (unpaired) electrons. The second kappa shape index (κ2) is 6.01. The number of ether oxygens (including phenoxy) is 1. The molecule has 1 N–H and O–H groups in total. The summed E-state index contributed by atoms with van der Waals surface area (Å²) in [6.07, 6.45) is 6.99. The number of aromatic nitrogens is 2. The summed E-state index contributed by atoms with van der Waals surface area (Å²) in [4.78, 5) is 14.7. The number of hydrogen-bond donors (Lipinski definition) is 1. The minimum atomic E-state index is -0.283. The molecule has 2 aliphatic carbocycles. The maximum Gasteiger partial charge on any atom is 0.241 e. The number of fused-ring (bicyclic) bond motifs is 1. The van der Waals surface area contributed by atoms with E-state index in [0.29, 0.717) is 6.61 Å². The van der Waals surface area contributed by atoms with Gasteiger partial charge in [-0.25, -0.2) is 0 Å². The molecule has 0 aromatic carbocycles. The predicted octanol–water partition coefficient (Wildman–Crippen LogP) is 1.12. The topological polar surface area (TPSA) is 59.4 Å². The van der Waals surface area contributed by atoms with Crippen LogP contribution in [0.3, 0.4) is 0 Å². The fraction of sp³-hybridized carbons (Fsp3) is 0.750. The number of amides is 1. The largest absolute Gasteiger partial charge is 0.383 e. The Bertz CT molecular complexity index is 548. The third-order valence-corrected chi connectivity index (χ3v) is 5.04. The Kier molecular flexibility index (Phi) is 4.23. The number of hydrogen-bond acceptors (Lipinski definition) is 4. The van der Waals surface area contributed by atoms with Gasteiger partial charge in [-0.3, -0.25) is 14.4 Å². The van der Waals surface area contributed by atoms with Gasteiger partial charge in [0.25, 0.3) is 0 Å². The van der Waals surface area contributed by atoms with Crippen LogP contribution < -0.4 is 5.32 Å². The van der Waals surface area contributed by atoms with Crippen molar-refractivity contribution in [2.75, 3.05) is 27.8 Å². The van der Waals surface area contributed by atoms with Gasteiger partial charge >= 0.3 is 0 Å². The Morgan fingerprint density at radius 1 is 1.55 bits per heavy atom. The van der Waals surface area contributed by atoms with Crippen molar-refractivity contribution in [3.63, 3.8) is 0 Å². The number of aryl methyl sites for hydroxylation is 1. The SMILES string of the molecule is COCCn1ncc2c1C(NC(=O)C1(N(C)C)CC1)CCC2. The zero-order valence-electron chi connectivity index (χ0n) is 13.8. The second-order valence-corrected chi connectivity index (χ2v) is 6.62. The lowest BCUT2D eigenvalue weighted by Gasteiger charge is -2.29. The Hall–Kier alpha value is -1.40. The molecule has 1 aromatic rings. The molecular formula is C16H26N4O2. The molecule has 0 spiro atoms. The van der Waals surface area contributed by atoms with Crippen LogP contribution >= 0.6 is 0 Å². The number of carbonyl (C=O) groups is 1. The van der Waals surface area contributed by atoms with Crippen LogP contribution in [0.25, 0.3) is 0 Å². The Morgan fingerprint density at radius 3 is 2.95 bits per heavy atom. The maximum absolute atomic E-state index is 12.7. The van der Waals surface area contributed by atoms with Gasteiger partial charge in [0.1, 0.15) is 0 Å². The van der Waals surface area contributed by atoms with Gasteiger partial charge in [0.05, 0.1) is 36.6 Å². The molecule has 122 valence electrons. The number of nitrogens with zero attached hydrogens (tertiary/aromatic N) is 3. The highest BCUT2D eigenvalue weighted by molar-refractivity contribution is 5.89. The summed E-state index contributed by atoms with van der Waals surface area (Å²) < 4.78 is 7.16. The van der Waals surface area contributed by atoms with Gasteiger partial charge in [-0.15, -0.1) is 0 Å². The molecule has 1 heterocycles. The van der Waals surface area contributed by atoms with E-state index in [1.165, 1.54) is 11.3 Å². The van der Waals surface area contributed by atoms with Crippen molar-refractivity contribution < 1.29 is 9.53 Å². The van der Waals surface area contributed by atoms with Gasteiger partial charge in [0.15, 0.2) is 0 Å². The summed E-state index contributed by atoms with van der Waals surface area (Å²) in [7, 11) is 5.67. The molecule has 1 saturated carbocycles. The summed E-state index contributed by atoms with van der Waals surface area (Å²) in [6, 6.07) is 0.0769. The number of nitrogens with one attached hydrogen (secondary N) is 1. The third-order valence-electron chi connectivity index (χ3n) is 5.04. The zero-order valence-corrected chi connectivity index (χ0v) is 13.8. The summed E-state index contributed by atoms with van der Waals surface area (Å²) >= 11 is 0. The quantitative estimate of drug-likeness (QED) is 0.855. The first kappa shape index (κ1) is 15.5. The minimum absolute atomic E-state index is 0.0769. The molecule has 1 atom stereocenters. The number of likely N-dealkylation sites (N-methyl/N-ethyl adjacent to an activating group) is 1. The predicted molar refractivity (Wildman–Crippen MR) is 83.6 cm³/mol. The van der Waals surface area contributed by atoms with Gasteiger partial charge in [-0.2, -0.15) is 5.10 Å². The van der Waals surface area contributed by atoms with Gasteiger partial charge in [-0.05, 0) is 51.8 Å². The molecule has 6 heteroatoms. The summed E-state index contributed by atoms with van der Waals surface area (Å²) in [5.74, 6) is 0.162. The Labute approximate surface area is 131 Å². The standard InChI is InChI=1S/C16H26N4O2/c1-19(2)16(7-8-16)15(21)18-13-6-4-5-12-11-17-20(14(12)13)9-10-22-3/h11,13H,4-10H2,1-3H3,(H,18,21). The highest BCUT2D eigenvalue weighted by Crippen LogP contribution is 2.41. The van der Waals surface area contributed by atoms with Crippen LogP contribution in [-0.4, -0.2) is 53.9 Å². The lowest BCUT2D eigenvalue weighted by molar-refractivity contribution is -0.127. The van der Waals surface area contributed by atoms with E-state index in [1.807, 2.05) is 29.9 Å². The summed E-state index contributed by atoms with van der Waals surface area (Å²) in [5, 5.41) is 7.76. The fourth-order valence-electron chi connectivity index (χ4n) is 3.45. The highest BCUT2D eigenvalue weighted by Gasteiger charge is 2.52. The molecule has 6 nitrogen and oxygen atoms in total. The van der Waals surface area contributed by atoms with Crippen molar-refractivity contribution in [3.05, 3.63) is 17.5 Å². The lowest BCUT2D eigenvalue weighted by atomic mass is 9.93. The van der Waals surface area contributed by atoms with E-state index in [1.54, 1.807) is 7.11 Å². The highest BCUT2D eigenvalue weighted by atomic mass is 16.5. The molecule has 1 amide bonds. The van der Waals surface area contributed by atoms with Crippen LogP contribution in [-0.2, 0) is 22.5 Å². The molecule has 1 unspecified atom stereocenters. The number of rotatable bonds is 6. The smallest absolute Gasteiger partial charge is 0.241 e. The molecule has 22 heavy (non-hydrogen) atoms. The molecule has 0 saturated heterocycles. The van der Waals surface area contributed by atoms with Gasteiger partial charge < -0.3 is 10.1 Å². The van der Waals surface area contributed by atoms with Crippen molar-refractivity contribution in [2.24, 2.45) is 0 Å². The molecule has 0 bridgehead atoms. The molecule has 0 aliphatic heterocycles. The van der Waals surface area contributed by atoms with E-state index in [0.717, 1.165) is 38.6 Å². The molecule has 3 rings (SSSR count). The first-order chi connectivity index (χ1) is 10.6. The minimum Gasteiger partial charge on any atom is -0.383 e. The van der Waals surface area contributed by atoms with Crippen LogP contribution in [0.15, 0.2) is 6.20 Å². The van der Waals surface area contributed by atoms with Crippen LogP contribution in [0.2, 0.25) is 0 Å². The maximum atomic E-state index is 12.7. The Balaban J connectivity index is 1.76. The average Bonchev–Trinajstić information content (AvgIpc) is 3.22. The lowest BCUT2D eigenvalue weighted by Crippen LogP contribution is -2.47. The van der Waals surface area contributed by atoms with Crippen molar-refractivity contribution >= 4 is 5.91 Å². The van der Waals surface area contributed by atoms with Crippen molar-refractivity contribution in [1.29, 1.82) is 0 Å². The number of carbonyl (C=O) groups excluding carboxylic acids is 1. The zero-order chi connectivity index (χ0) is 15.7. The van der Waals surface area contributed by atoms with Crippen LogP contribution in [0, 0.1) is 0 Å². The van der Waals surface area contributed by atoms with Gasteiger partial charge in [0.2, 0.25) is 5.91 Å². The molecule has 1 fully saturated rings. The monoisotopic (exact) mass is 306 g/mol. The molecule has 2 aliphatic rings. The van der Waals surface area contributed by atoms with Gasteiger partial charge in [-0.1, -0.05) is 0 Å². The summed E-state index contributed by atoms with van der Waals surface area (Å²) in [6.45, 7) is 1.37. The van der Waals surface area contributed by atoms with E-state index in [2.05, 4.69) is 10.4 Å². The normalized spacial score (nSPS) is 22.5. The van der Waals surface area contributed by atoms with E-state index in [-0.39, 0.29) is 17.5 Å². The van der Waals surface area contributed by atoms with Crippen molar-refractivity contribution in [2.45, 2.75) is 50.2 Å². The van der Waals surface area contributed by atoms with E-state index < -0.39 is 0 Å².